The topological polar surface area (TPSA) is 54.5 Å². The molecule has 3 aromatic rings. The summed E-state index contributed by atoms with van der Waals surface area (Å²) in [4.78, 5) is 19.8. The van der Waals surface area contributed by atoms with Crippen molar-refractivity contribution in [2.75, 3.05) is 20.6 Å². The third-order valence-corrected chi connectivity index (χ3v) is 7.76. The van der Waals surface area contributed by atoms with Gasteiger partial charge >= 0.3 is 6.18 Å². The lowest BCUT2D eigenvalue weighted by Gasteiger charge is -2.36. The number of hydrogen-bond donors (Lipinski definition) is 1. The smallest absolute Gasteiger partial charge is 0.433 e. The fourth-order valence-electron chi connectivity index (χ4n) is 4.69. The molecule has 5 nitrogen and oxygen atoms in total. The van der Waals surface area contributed by atoms with Crippen molar-refractivity contribution in [3.05, 3.63) is 58.2 Å². The summed E-state index contributed by atoms with van der Waals surface area (Å²) < 4.78 is 46.3. The number of nitrogens with zero attached hydrogens (tertiary/aromatic N) is 2. The van der Waals surface area contributed by atoms with Crippen LogP contribution < -0.4 is 10.1 Å². The maximum Gasteiger partial charge on any atom is 0.433 e. The maximum atomic E-state index is 13.2. The predicted octanol–water partition coefficient (Wildman–Crippen LogP) is 5.81. The second-order valence-electron chi connectivity index (χ2n) is 9.00. The Hall–Kier alpha value is -2.65. The quantitative estimate of drug-likeness (QED) is 0.453. The third kappa shape index (κ3) is 4.90. The fraction of sp³-hybridized carbons (Fsp3) is 0.440. The van der Waals surface area contributed by atoms with Crippen molar-refractivity contribution in [1.29, 1.82) is 0 Å². The van der Waals surface area contributed by atoms with Gasteiger partial charge in [-0.25, -0.2) is 0 Å². The molecule has 1 N–H and O–H groups in total. The van der Waals surface area contributed by atoms with Crippen molar-refractivity contribution in [2.24, 2.45) is 0 Å². The van der Waals surface area contributed by atoms with Crippen molar-refractivity contribution < 1.29 is 22.7 Å². The Balaban J connectivity index is 1.54. The molecule has 1 fully saturated rings. The van der Waals surface area contributed by atoms with Crippen LogP contribution in [0.3, 0.4) is 0 Å². The first kappa shape index (κ1) is 24.5. The van der Waals surface area contributed by atoms with Gasteiger partial charge in [-0.1, -0.05) is 18.9 Å². The lowest BCUT2D eigenvalue weighted by molar-refractivity contribution is -0.142. The highest BCUT2D eigenvalue weighted by molar-refractivity contribution is 7.19. The van der Waals surface area contributed by atoms with E-state index in [1.54, 1.807) is 12.1 Å². The molecule has 1 saturated carbocycles. The van der Waals surface area contributed by atoms with Crippen LogP contribution in [0.5, 0.6) is 5.75 Å². The highest BCUT2D eigenvalue weighted by Gasteiger charge is 2.37. The Morgan fingerprint density at radius 3 is 2.65 bits per heavy atom. The number of aryl methyl sites for hydroxylation is 1. The molecule has 0 aliphatic heterocycles. The number of amides is 1. The molecule has 1 aliphatic rings. The standard InChI is InChI=1S/C25H28F3N3O2S/c1-16-21(23(32)30-15-24(31(2)3)10-4-5-11-24)19-13-18(8-9-20(19)34-16)33-14-17-7-6-12-29-22(17)25(26,27)28/h6-9,12-13H,4-5,10-11,14-15H2,1-3H3,(H,30,32). The number of carbonyl (C=O) groups is 1. The number of benzene rings is 1. The summed E-state index contributed by atoms with van der Waals surface area (Å²) in [6, 6.07) is 8.08. The Morgan fingerprint density at radius 2 is 1.97 bits per heavy atom. The van der Waals surface area contributed by atoms with E-state index in [2.05, 4.69) is 29.3 Å². The SMILES string of the molecule is Cc1sc2ccc(OCc3cccnc3C(F)(F)F)cc2c1C(=O)NCC1(N(C)C)CCCC1. The van der Waals surface area contributed by atoms with Crippen molar-refractivity contribution in [1.82, 2.24) is 15.2 Å². The maximum absolute atomic E-state index is 13.2. The van der Waals surface area contributed by atoms with E-state index in [0.717, 1.165) is 46.8 Å². The van der Waals surface area contributed by atoms with Crippen molar-refractivity contribution in [3.8, 4) is 5.75 Å². The molecule has 0 bridgehead atoms. The van der Waals surface area contributed by atoms with Crippen LogP contribution in [-0.2, 0) is 12.8 Å². The normalized spacial score (nSPS) is 15.7. The summed E-state index contributed by atoms with van der Waals surface area (Å²) in [6.45, 7) is 2.21. The number of ether oxygens (including phenoxy) is 1. The Kier molecular flexibility index (Phi) is 6.87. The first-order chi connectivity index (χ1) is 16.1. The number of likely N-dealkylation sites (N-methyl/N-ethyl adjacent to an activating group) is 1. The zero-order valence-corrected chi connectivity index (χ0v) is 20.3. The van der Waals surface area contributed by atoms with Crippen LogP contribution in [0.25, 0.3) is 10.1 Å². The molecule has 9 heteroatoms. The molecule has 0 spiro atoms. The summed E-state index contributed by atoms with van der Waals surface area (Å²) in [5.74, 6) is 0.262. The van der Waals surface area contributed by atoms with Crippen LogP contribution in [0.2, 0.25) is 0 Å². The molecule has 0 atom stereocenters. The lowest BCUT2D eigenvalue weighted by Crippen LogP contribution is -2.50. The van der Waals surface area contributed by atoms with E-state index in [4.69, 9.17) is 4.74 Å². The Labute approximate surface area is 200 Å². The second kappa shape index (κ2) is 9.54. The minimum absolute atomic E-state index is 0.0242. The van der Waals surface area contributed by atoms with E-state index in [9.17, 15) is 18.0 Å². The first-order valence-corrected chi connectivity index (χ1v) is 12.0. The zero-order chi connectivity index (χ0) is 24.5. The lowest BCUT2D eigenvalue weighted by atomic mass is 9.95. The van der Waals surface area contributed by atoms with Crippen LogP contribution in [0.4, 0.5) is 13.2 Å². The van der Waals surface area contributed by atoms with E-state index < -0.39 is 11.9 Å². The number of fused-ring (bicyclic) bond motifs is 1. The largest absolute Gasteiger partial charge is 0.489 e. The summed E-state index contributed by atoms with van der Waals surface area (Å²) >= 11 is 1.51. The monoisotopic (exact) mass is 491 g/mol. The van der Waals surface area contributed by atoms with E-state index in [1.165, 1.54) is 23.5 Å². The number of alkyl halides is 3. The van der Waals surface area contributed by atoms with E-state index in [1.807, 2.05) is 13.0 Å². The number of pyridine rings is 1. The van der Waals surface area contributed by atoms with Crippen LogP contribution in [0, 0.1) is 6.92 Å². The molecule has 4 rings (SSSR count). The summed E-state index contributed by atoms with van der Waals surface area (Å²) in [7, 11) is 4.11. The molecule has 0 saturated heterocycles. The van der Waals surface area contributed by atoms with Gasteiger partial charge < -0.3 is 15.0 Å². The van der Waals surface area contributed by atoms with E-state index in [-0.39, 0.29) is 23.6 Å². The predicted molar refractivity (Wildman–Crippen MR) is 127 cm³/mol. The molecular formula is C25H28F3N3O2S. The van der Waals surface area contributed by atoms with Crippen molar-refractivity contribution in [2.45, 2.75) is 50.9 Å². The molecule has 0 unspecified atom stereocenters. The van der Waals surface area contributed by atoms with Gasteiger partial charge in [-0.05, 0) is 58.1 Å². The molecule has 182 valence electrons. The van der Waals surface area contributed by atoms with Crippen LogP contribution in [0.15, 0.2) is 36.5 Å². The number of halogens is 3. The van der Waals surface area contributed by atoms with E-state index >= 15 is 0 Å². The van der Waals surface area contributed by atoms with Crippen LogP contribution in [0.1, 0.15) is 52.2 Å². The molecule has 34 heavy (non-hydrogen) atoms. The highest BCUT2D eigenvalue weighted by Crippen LogP contribution is 2.36. The first-order valence-electron chi connectivity index (χ1n) is 11.2. The van der Waals surface area contributed by atoms with Gasteiger partial charge in [0.1, 0.15) is 12.4 Å². The number of rotatable bonds is 7. The van der Waals surface area contributed by atoms with Gasteiger partial charge in [0.05, 0.1) is 5.56 Å². The summed E-state index contributed by atoms with van der Waals surface area (Å²) in [6.07, 6.45) is 0.975. The Bertz CT molecular complexity index is 1180. The molecule has 1 amide bonds. The number of hydrogen-bond acceptors (Lipinski definition) is 5. The van der Waals surface area contributed by atoms with Gasteiger partial charge in [0.25, 0.3) is 5.91 Å². The molecular weight excluding hydrogens is 463 g/mol. The third-order valence-electron chi connectivity index (χ3n) is 6.68. The molecule has 2 heterocycles. The number of nitrogens with one attached hydrogen (secondary N) is 1. The van der Waals surface area contributed by atoms with Crippen LogP contribution >= 0.6 is 11.3 Å². The number of thiophene rings is 1. The zero-order valence-electron chi connectivity index (χ0n) is 19.5. The van der Waals surface area contributed by atoms with Crippen molar-refractivity contribution in [3.63, 3.8) is 0 Å². The van der Waals surface area contributed by atoms with Crippen molar-refractivity contribution >= 4 is 27.3 Å². The highest BCUT2D eigenvalue weighted by atomic mass is 32.1. The van der Waals surface area contributed by atoms with Gasteiger partial charge in [-0.15, -0.1) is 11.3 Å². The number of aromatic nitrogens is 1. The van der Waals surface area contributed by atoms with Gasteiger partial charge in [0, 0.05) is 38.8 Å². The molecule has 0 radical (unpaired) electrons. The van der Waals surface area contributed by atoms with Crippen LogP contribution in [-0.4, -0.2) is 42.0 Å². The van der Waals surface area contributed by atoms with Gasteiger partial charge in [0.2, 0.25) is 0 Å². The van der Waals surface area contributed by atoms with E-state index in [0.29, 0.717) is 17.9 Å². The minimum Gasteiger partial charge on any atom is -0.489 e. The fourth-order valence-corrected chi connectivity index (χ4v) is 5.73. The minimum atomic E-state index is -4.55. The van der Waals surface area contributed by atoms with Gasteiger partial charge in [0.15, 0.2) is 5.69 Å². The summed E-state index contributed by atoms with van der Waals surface area (Å²) in [5.41, 5.74) is -0.428. The summed E-state index contributed by atoms with van der Waals surface area (Å²) in [5, 5.41) is 3.88. The average Bonchev–Trinajstić information content (AvgIpc) is 3.40. The average molecular weight is 492 g/mol. The van der Waals surface area contributed by atoms with Gasteiger partial charge in [-0.2, -0.15) is 13.2 Å². The molecule has 2 aromatic heterocycles. The number of carbonyl (C=O) groups excluding carboxylic acids is 1. The van der Waals surface area contributed by atoms with Gasteiger partial charge in [-0.3, -0.25) is 9.78 Å². The Morgan fingerprint density at radius 1 is 1.24 bits per heavy atom. The molecule has 1 aromatic carbocycles. The second-order valence-corrected chi connectivity index (χ2v) is 10.3. The molecule has 1 aliphatic carbocycles.